The molecule has 2 aromatic heterocycles. The molecule has 1 aromatic carbocycles. The molecule has 1 N–H and O–H groups in total. The first-order valence-corrected chi connectivity index (χ1v) is 10.2. The zero-order valence-corrected chi connectivity index (χ0v) is 17.0. The molecule has 1 aliphatic rings. The first kappa shape index (κ1) is 20.5. The molecular weight excluding hydrogens is 398 g/mol. The smallest absolute Gasteiger partial charge is 0.295 e. The summed E-state index contributed by atoms with van der Waals surface area (Å²) in [5.41, 5.74) is 1.08. The van der Waals surface area contributed by atoms with E-state index in [0.29, 0.717) is 0 Å². The number of pyridine rings is 1. The van der Waals surface area contributed by atoms with Crippen LogP contribution in [0.3, 0.4) is 0 Å². The van der Waals surface area contributed by atoms with E-state index in [1.807, 2.05) is 12.1 Å². The van der Waals surface area contributed by atoms with Gasteiger partial charge in [-0.3, -0.25) is 14.9 Å². The van der Waals surface area contributed by atoms with E-state index in [-0.39, 0.29) is 23.5 Å². The van der Waals surface area contributed by atoms with E-state index in [2.05, 4.69) is 25.3 Å². The lowest BCUT2D eigenvalue weighted by Crippen LogP contribution is -2.25. The van der Waals surface area contributed by atoms with Crippen molar-refractivity contribution >= 4 is 17.4 Å². The van der Waals surface area contributed by atoms with Crippen LogP contribution < -0.4 is 10.2 Å². The molecule has 1 aliphatic heterocycles. The number of nitrogens with zero attached hydrogens (tertiary/aromatic N) is 6. The average Bonchev–Trinajstić information content (AvgIpc) is 3.19. The molecule has 0 bridgehead atoms. The highest BCUT2D eigenvalue weighted by Crippen LogP contribution is 2.23. The van der Waals surface area contributed by atoms with Gasteiger partial charge in [0.15, 0.2) is 0 Å². The topological polar surface area (TPSA) is 119 Å². The molecule has 1 saturated heterocycles. The molecular formula is C21H23N7O3. The minimum atomic E-state index is -0.542. The van der Waals surface area contributed by atoms with E-state index in [1.54, 1.807) is 6.20 Å². The first-order valence-electron chi connectivity index (χ1n) is 10.2. The number of hydrogen-bond acceptors (Lipinski definition) is 7. The van der Waals surface area contributed by atoms with Crippen molar-refractivity contribution in [3.63, 3.8) is 0 Å². The van der Waals surface area contributed by atoms with Crippen molar-refractivity contribution in [2.45, 2.75) is 32.2 Å². The van der Waals surface area contributed by atoms with Crippen molar-refractivity contribution in [3.05, 3.63) is 70.4 Å². The summed E-state index contributed by atoms with van der Waals surface area (Å²) < 4.78 is 1.29. The zero-order chi connectivity index (χ0) is 21.6. The van der Waals surface area contributed by atoms with Crippen molar-refractivity contribution in [2.75, 3.05) is 18.0 Å². The number of amides is 1. The Labute approximate surface area is 179 Å². The lowest BCUT2D eigenvalue weighted by atomic mass is 10.1. The molecule has 0 aliphatic carbocycles. The van der Waals surface area contributed by atoms with Crippen LogP contribution >= 0.6 is 0 Å². The fraction of sp³-hybridized carbons (Fsp3) is 0.333. The SMILES string of the molecule is O=C(NCc1ccc(N2CCCCCC2)nc1)c1ccc(-n2cncn2)c([N+](=O)[O-])c1. The van der Waals surface area contributed by atoms with Crippen molar-refractivity contribution in [2.24, 2.45) is 0 Å². The molecule has 1 fully saturated rings. The van der Waals surface area contributed by atoms with Crippen molar-refractivity contribution < 1.29 is 9.72 Å². The highest BCUT2D eigenvalue weighted by molar-refractivity contribution is 5.95. The van der Waals surface area contributed by atoms with Crippen LogP contribution in [0.1, 0.15) is 41.6 Å². The lowest BCUT2D eigenvalue weighted by molar-refractivity contribution is -0.384. The monoisotopic (exact) mass is 421 g/mol. The van der Waals surface area contributed by atoms with E-state index < -0.39 is 10.8 Å². The zero-order valence-electron chi connectivity index (χ0n) is 17.0. The van der Waals surface area contributed by atoms with Crippen molar-refractivity contribution in [1.82, 2.24) is 25.1 Å². The molecule has 0 atom stereocenters. The first-order chi connectivity index (χ1) is 15.1. The van der Waals surface area contributed by atoms with E-state index in [9.17, 15) is 14.9 Å². The summed E-state index contributed by atoms with van der Waals surface area (Å²) in [7, 11) is 0. The third-order valence-corrected chi connectivity index (χ3v) is 5.29. The molecule has 0 saturated carbocycles. The maximum Gasteiger partial charge on any atom is 0.295 e. The Morgan fingerprint density at radius 1 is 1.13 bits per heavy atom. The van der Waals surface area contributed by atoms with E-state index in [0.717, 1.165) is 24.5 Å². The van der Waals surface area contributed by atoms with Gasteiger partial charge in [0.2, 0.25) is 0 Å². The van der Waals surface area contributed by atoms with E-state index in [4.69, 9.17) is 0 Å². The molecule has 0 unspecified atom stereocenters. The number of benzene rings is 1. The molecule has 31 heavy (non-hydrogen) atoms. The Morgan fingerprint density at radius 2 is 1.94 bits per heavy atom. The van der Waals surface area contributed by atoms with Crippen molar-refractivity contribution in [1.29, 1.82) is 0 Å². The fourth-order valence-electron chi connectivity index (χ4n) is 3.63. The Hall–Kier alpha value is -3.82. The molecule has 3 heterocycles. The summed E-state index contributed by atoms with van der Waals surface area (Å²) in [4.78, 5) is 34.1. The molecule has 0 radical (unpaired) electrons. The van der Waals surface area contributed by atoms with Crippen LogP contribution in [0.25, 0.3) is 5.69 Å². The lowest BCUT2D eigenvalue weighted by Gasteiger charge is -2.21. The number of nitrogens with one attached hydrogen (secondary N) is 1. The van der Waals surface area contributed by atoms with Gasteiger partial charge in [0.25, 0.3) is 11.6 Å². The Morgan fingerprint density at radius 3 is 2.58 bits per heavy atom. The number of aromatic nitrogens is 4. The standard InChI is InChI=1S/C21H23N7O3/c29-21(17-6-7-18(19(11-17)28(30)31)27-15-22-14-25-27)24-13-16-5-8-20(23-12-16)26-9-3-1-2-4-10-26/h5-8,11-12,14-15H,1-4,9-10,13H2,(H,24,29). The van der Waals surface area contributed by atoms with Crippen LogP contribution in [0.15, 0.2) is 49.2 Å². The predicted molar refractivity (Wildman–Crippen MR) is 114 cm³/mol. The van der Waals surface area contributed by atoms with Crippen LogP contribution in [0.4, 0.5) is 11.5 Å². The van der Waals surface area contributed by atoms with Gasteiger partial charge in [-0.2, -0.15) is 5.10 Å². The third kappa shape index (κ3) is 4.85. The second-order valence-electron chi connectivity index (χ2n) is 7.41. The van der Waals surface area contributed by atoms with Gasteiger partial charge in [-0.25, -0.2) is 14.6 Å². The number of hydrogen-bond donors (Lipinski definition) is 1. The van der Waals surface area contributed by atoms with E-state index in [1.165, 1.54) is 61.2 Å². The highest BCUT2D eigenvalue weighted by atomic mass is 16.6. The minimum Gasteiger partial charge on any atom is -0.357 e. The van der Waals surface area contributed by atoms with Crippen LogP contribution in [0, 0.1) is 10.1 Å². The Kier molecular flexibility index (Phi) is 6.16. The second-order valence-corrected chi connectivity index (χ2v) is 7.41. The third-order valence-electron chi connectivity index (χ3n) is 5.29. The maximum absolute atomic E-state index is 12.5. The molecule has 10 nitrogen and oxygen atoms in total. The van der Waals surface area contributed by atoms with Crippen LogP contribution in [0.2, 0.25) is 0 Å². The average molecular weight is 421 g/mol. The van der Waals surface area contributed by atoms with Gasteiger partial charge in [-0.05, 0) is 36.6 Å². The molecule has 3 aromatic rings. The summed E-state index contributed by atoms with van der Waals surface area (Å²) in [6, 6.07) is 8.18. The van der Waals surface area contributed by atoms with Gasteiger partial charge in [0.1, 0.15) is 24.2 Å². The minimum absolute atomic E-state index is 0.199. The largest absolute Gasteiger partial charge is 0.357 e. The van der Waals surface area contributed by atoms with Crippen LogP contribution in [0.5, 0.6) is 0 Å². The summed E-state index contributed by atoms with van der Waals surface area (Å²) in [6.07, 6.45) is 9.30. The van der Waals surface area contributed by atoms with E-state index >= 15 is 0 Å². The highest BCUT2D eigenvalue weighted by Gasteiger charge is 2.19. The number of anilines is 1. The molecule has 160 valence electrons. The van der Waals surface area contributed by atoms with Crippen LogP contribution in [-0.4, -0.2) is 43.7 Å². The second kappa shape index (κ2) is 9.33. The summed E-state index contributed by atoms with van der Waals surface area (Å²) in [6.45, 7) is 2.32. The Bertz CT molecular complexity index is 1040. The summed E-state index contributed by atoms with van der Waals surface area (Å²) in [5, 5.41) is 18.2. The van der Waals surface area contributed by atoms with Gasteiger partial charge in [0, 0.05) is 37.5 Å². The van der Waals surface area contributed by atoms with Crippen LogP contribution in [-0.2, 0) is 6.54 Å². The quantitative estimate of drug-likeness (QED) is 0.480. The fourth-order valence-corrected chi connectivity index (χ4v) is 3.63. The van der Waals surface area contributed by atoms with Gasteiger partial charge in [0.05, 0.1) is 4.92 Å². The molecule has 0 spiro atoms. The number of nitro benzene ring substituents is 1. The molecule has 1 amide bonds. The summed E-state index contributed by atoms with van der Waals surface area (Å²) >= 11 is 0. The molecule has 10 heteroatoms. The number of carbonyl (C=O) groups excluding carboxylic acids is 1. The van der Waals surface area contributed by atoms with Gasteiger partial charge in [-0.1, -0.05) is 18.9 Å². The number of rotatable bonds is 6. The van der Waals surface area contributed by atoms with Gasteiger partial charge < -0.3 is 10.2 Å². The summed E-state index contributed by atoms with van der Waals surface area (Å²) in [5.74, 6) is 0.557. The molecule has 4 rings (SSSR count). The number of nitro groups is 1. The van der Waals surface area contributed by atoms with Crippen molar-refractivity contribution in [3.8, 4) is 5.69 Å². The Balaban J connectivity index is 1.41. The normalized spacial score (nSPS) is 14.1. The predicted octanol–water partition coefficient (Wildman–Crippen LogP) is 2.88. The van der Waals surface area contributed by atoms with Gasteiger partial charge >= 0.3 is 0 Å². The number of carbonyl (C=O) groups is 1. The van der Waals surface area contributed by atoms with Gasteiger partial charge in [-0.15, -0.1) is 0 Å². The maximum atomic E-state index is 12.5.